The second-order valence-corrected chi connectivity index (χ2v) is 6.41. The summed E-state index contributed by atoms with van der Waals surface area (Å²) in [5.41, 5.74) is 8.20. The van der Waals surface area contributed by atoms with Gasteiger partial charge in [-0.05, 0) is 49.1 Å². The zero-order valence-corrected chi connectivity index (χ0v) is 14.8. The summed E-state index contributed by atoms with van der Waals surface area (Å²) in [6.07, 6.45) is 1.81. The second kappa shape index (κ2) is 8.19. The summed E-state index contributed by atoms with van der Waals surface area (Å²) in [5, 5.41) is 3.12. The molecule has 5 nitrogen and oxygen atoms in total. The van der Waals surface area contributed by atoms with Crippen molar-refractivity contribution in [2.24, 2.45) is 5.73 Å². The Morgan fingerprint density at radius 1 is 1.38 bits per heavy atom. The van der Waals surface area contributed by atoms with Crippen molar-refractivity contribution in [2.45, 2.75) is 39.0 Å². The molecule has 3 rings (SSSR count). The number of carbonyl (C=O) groups is 1. The molecular formula is C20H23FN2O3. The van der Waals surface area contributed by atoms with Crippen LogP contribution in [0.1, 0.15) is 30.0 Å². The average molecular weight is 358 g/mol. The minimum absolute atomic E-state index is 0.268. The Morgan fingerprint density at radius 2 is 2.23 bits per heavy atom. The Labute approximate surface area is 152 Å². The number of hydrogen-bond acceptors (Lipinski definition) is 4. The first-order valence-corrected chi connectivity index (χ1v) is 8.72. The normalized spacial score (nSPS) is 14.2. The molecule has 0 saturated carbocycles. The van der Waals surface area contributed by atoms with E-state index in [0.717, 1.165) is 35.3 Å². The first-order valence-electron chi connectivity index (χ1n) is 8.72. The van der Waals surface area contributed by atoms with Crippen LogP contribution in [0.5, 0.6) is 11.5 Å². The number of nitrogens with two attached hydrogens (primary N) is 1. The minimum Gasteiger partial charge on any atom is -0.489 e. The molecule has 138 valence electrons. The lowest BCUT2D eigenvalue weighted by atomic mass is 9.99. The van der Waals surface area contributed by atoms with Gasteiger partial charge in [0.25, 0.3) is 0 Å². The molecule has 0 aromatic heterocycles. The molecule has 1 aliphatic rings. The number of carbonyl (C=O) groups excluding carboxylic acids is 1. The van der Waals surface area contributed by atoms with Gasteiger partial charge in [0.2, 0.25) is 5.91 Å². The molecule has 0 radical (unpaired) electrons. The van der Waals surface area contributed by atoms with Crippen LogP contribution in [0.3, 0.4) is 0 Å². The van der Waals surface area contributed by atoms with Gasteiger partial charge in [0.05, 0.1) is 12.6 Å². The Hall–Kier alpha value is -2.60. The molecule has 3 N–H and O–H groups in total. The van der Waals surface area contributed by atoms with E-state index >= 15 is 0 Å². The fourth-order valence-electron chi connectivity index (χ4n) is 2.93. The smallest absolute Gasteiger partial charge is 0.234 e. The van der Waals surface area contributed by atoms with Crippen LogP contribution in [0.25, 0.3) is 0 Å². The molecule has 0 bridgehead atoms. The highest BCUT2D eigenvalue weighted by molar-refractivity contribution is 5.79. The van der Waals surface area contributed by atoms with Crippen molar-refractivity contribution in [1.82, 2.24) is 5.32 Å². The Bertz CT molecular complexity index is 795. The van der Waals surface area contributed by atoms with Gasteiger partial charge in [0.1, 0.15) is 12.4 Å². The molecule has 2 aromatic carbocycles. The Kier molecular flexibility index (Phi) is 5.73. The van der Waals surface area contributed by atoms with Gasteiger partial charge in [0.15, 0.2) is 11.5 Å². The summed E-state index contributed by atoms with van der Waals surface area (Å²) in [6, 6.07) is 9.76. The Morgan fingerprint density at radius 3 is 3.00 bits per heavy atom. The fourth-order valence-corrected chi connectivity index (χ4v) is 2.93. The Balaban J connectivity index is 1.76. The lowest BCUT2D eigenvalue weighted by molar-refractivity contribution is -0.119. The second-order valence-electron chi connectivity index (χ2n) is 6.41. The van der Waals surface area contributed by atoms with Crippen LogP contribution in [0, 0.1) is 5.82 Å². The molecule has 0 saturated heterocycles. The van der Waals surface area contributed by atoms with Gasteiger partial charge in [-0.25, -0.2) is 4.39 Å². The molecule has 1 unspecified atom stereocenters. The fraction of sp³-hybridized carbons (Fsp3) is 0.350. The van der Waals surface area contributed by atoms with Crippen LogP contribution < -0.4 is 20.5 Å². The highest BCUT2D eigenvalue weighted by Gasteiger charge is 2.20. The number of ether oxygens (including phenoxy) is 2. The summed E-state index contributed by atoms with van der Waals surface area (Å²) in [6.45, 7) is 3.17. The molecule has 1 aliphatic heterocycles. The predicted octanol–water partition coefficient (Wildman–Crippen LogP) is 2.69. The van der Waals surface area contributed by atoms with E-state index in [4.69, 9.17) is 15.2 Å². The molecule has 6 heteroatoms. The van der Waals surface area contributed by atoms with Crippen LogP contribution in [0.4, 0.5) is 4.39 Å². The van der Waals surface area contributed by atoms with Gasteiger partial charge in [-0.2, -0.15) is 0 Å². The maximum atomic E-state index is 13.3. The van der Waals surface area contributed by atoms with E-state index < -0.39 is 6.04 Å². The number of primary amides is 1. The van der Waals surface area contributed by atoms with Crippen LogP contribution in [-0.4, -0.2) is 18.6 Å². The molecule has 0 fully saturated rings. The third-order valence-corrected chi connectivity index (χ3v) is 4.45. The van der Waals surface area contributed by atoms with E-state index in [9.17, 15) is 9.18 Å². The first-order chi connectivity index (χ1) is 12.5. The number of nitrogens with one attached hydrogen (secondary N) is 1. The van der Waals surface area contributed by atoms with Crippen molar-refractivity contribution in [2.75, 3.05) is 6.61 Å². The van der Waals surface area contributed by atoms with Crippen molar-refractivity contribution >= 4 is 5.91 Å². The van der Waals surface area contributed by atoms with E-state index in [2.05, 4.69) is 5.32 Å². The minimum atomic E-state index is -0.404. The van der Waals surface area contributed by atoms with Gasteiger partial charge >= 0.3 is 0 Å². The van der Waals surface area contributed by atoms with Crippen molar-refractivity contribution in [1.29, 1.82) is 0 Å². The van der Waals surface area contributed by atoms with E-state index in [-0.39, 0.29) is 18.3 Å². The van der Waals surface area contributed by atoms with Gasteiger partial charge in [-0.1, -0.05) is 18.2 Å². The highest BCUT2D eigenvalue weighted by atomic mass is 19.1. The van der Waals surface area contributed by atoms with E-state index in [1.54, 1.807) is 13.0 Å². The number of hydrogen-bond donors (Lipinski definition) is 2. The zero-order chi connectivity index (χ0) is 18.5. The SMILES string of the molecule is CC(NCc1ccc(OCc2cccc(F)c2)c2c1CCCO2)C(N)=O. The maximum Gasteiger partial charge on any atom is 0.234 e. The molecule has 2 aromatic rings. The predicted molar refractivity (Wildman–Crippen MR) is 96.5 cm³/mol. The monoisotopic (exact) mass is 358 g/mol. The van der Waals surface area contributed by atoms with Gasteiger partial charge in [0, 0.05) is 12.1 Å². The largest absolute Gasteiger partial charge is 0.489 e. The van der Waals surface area contributed by atoms with Gasteiger partial charge < -0.3 is 20.5 Å². The van der Waals surface area contributed by atoms with Crippen molar-refractivity contribution in [3.63, 3.8) is 0 Å². The molecule has 0 spiro atoms. The topological polar surface area (TPSA) is 73.6 Å². The summed E-state index contributed by atoms with van der Waals surface area (Å²) < 4.78 is 25.0. The quantitative estimate of drug-likeness (QED) is 0.798. The number of halogens is 1. The molecule has 1 heterocycles. The van der Waals surface area contributed by atoms with Crippen LogP contribution in [0.15, 0.2) is 36.4 Å². The average Bonchev–Trinajstić information content (AvgIpc) is 2.64. The molecule has 26 heavy (non-hydrogen) atoms. The number of amides is 1. The highest BCUT2D eigenvalue weighted by Crippen LogP contribution is 2.37. The number of fused-ring (bicyclic) bond motifs is 1. The maximum absolute atomic E-state index is 13.3. The standard InChI is InChI=1S/C20H23FN2O3/c1-13(20(22)24)23-11-15-7-8-18(19-17(15)6-3-9-25-19)26-12-14-4-2-5-16(21)10-14/h2,4-5,7-8,10,13,23H,3,6,9,11-12H2,1H3,(H2,22,24). The third kappa shape index (κ3) is 4.32. The molecule has 0 aliphatic carbocycles. The summed E-state index contributed by atoms with van der Waals surface area (Å²) in [5.74, 6) is 0.717. The van der Waals surface area contributed by atoms with Gasteiger partial charge in [-0.15, -0.1) is 0 Å². The summed E-state index contributed by atoms with van der Waals surface area (Å²) in [7, 11) is 0. The van der Waals surface area contributed by atoms with Crippen LogP contribution in [0.2, 0.25) is 0 Å². The first kappa shape index (κ1) is 18.2. The summed E-state index contributed by atoms with van der Waals surface area (Å²) >= 11 is 0. The van der Waals surface area contributed by atoms with Crippen molar-refractivity contribution in [3.05, 3.63) is 58.9 Å². The molecular weight excluding hydrogens is 335 g/mol. The lowest BCUT2D eigenvalue weighted by Gasteiger charge is -2.24. The van der Waals surface area contributed by atoms with E-state index in [1.165, 1.54) is 12.1 Å². The van der Waals surface area contributed by atoms with Crippen molar-refractivity contribution < 1.29 is 18.7 Å². The van der Waals surface area contributed by atoms with Crippen molar-refractivity contribution in [3.8, 4) is 11.5 Å². The zero-order valence-electron chi connectivity index (χ0n) is 14.8. The molecule has 1 atom stereocenters. The number of rotatable bonds is 7. The van der Waals surface area contributed by atoms with Crippen LogP contribution in [-0.2, 0) is 24.4 Å². The lowest BCUT2D eigenvalue weighted by Crippen LogP contribution is -2.38. The molecule has 1 amide bonds. The van der Waals surface area contributed by atoms with Gasteiger partial charge in [-0.3, -0.25) is 4.79 Å². The number of benzene rings is 2. The van der Waals surface area contributed by atoms with E-state index in [0.29, 0.717) is 18.9 Å². The third-order valence-electron chi connectivity index (χ3n) is 4.45. The van der Waals surface area contributed by atoms with E-state index in [1.807, 2.05) is 18.2 Å². The summed E-state index contributed by atoms with van der Waals surface area (Å²) in [4.78, 5) is 11.2. The van der Waals surface area contributed by atoms with Crippen LogP contribution >= 0.6 is 0 Å².